The van der Waals surface area contributed by atoms with Crippen molar-refractivity contribution in [3.8, 4) is 0 Å². The van der Waals surface area contributed by atoms with Gasteiger partial charge in [-0.05, 0) is 35.7 Å². The molecule has 0 spiro atoms. The van der Waals surface area contributed by atoms with Gasteiger partial charge in [0.05, 0.1) is 17.0 Å². The molecular weight excluding hydrogens is 348 g/mol. The van der Waals surface area contributed by atoms with E-state index in [1.807, 2.05) is 0 Å². The van der Waals surface area contributed by atoms with Crippen molar-refractivity contribution in [2.75, 3.05) is 0 Å². The second kappa shape index (κ2) is 5.67. The number of carbonyl (C=O) groups is 1. The van der Waals surface area contributed by atoms with Crippen molar-refractivity contribution in [3.63, 3.8) is 0 Å². The lowest BCUT2D eigenvalue weighted by Gasteiger charge is -2.32. The number of aliphatic hydroxyl groups is 1. The molecular formula is C15H10F4N2O2S. The van der Waals surface area contributed by atoms with Crippen molar-refractivity contribution in [3.05, 3.63) is 58.0 Å². The second-order valence-corrected chi connectivity index (χ2v) is 6.09. The van der Waals surface area contributed by atoms with E-state index in [1.165, 1.54) is 0 Å². The van der Waals surface area contributed by atoms with Crippen LogP contribution in [0.2, 0.25) is 0 Å². The highest BCUT2D eigenvalue weighted by atomic mass is 32.1. The molecule has 126 valence electrons. The summed E-state index contributed by atoms with van der Waals surface area (Å²) in [6.45, 7) is 0. The lowest BCUT2D eigenvalue weighted by atomic mass is 10.0. The lowest BCUT2D eigenvalue weighted by molar-refractivity contribution is -0.297. The van der Waals surface area contributed by atoms with Crippen LogP contribution in [0.3, 0.4) is 0 Å². The third-order valence-corrected chi connectivity index (χ3v) is 4.45. The number of carbonyl (C=O) groups excluding carboxylic acids is 1. The molecule has 24 heavy (non-hydrogen) atoms. The SMILES string of the molecule is O=C(c1ccc(F)cc1)N1N=C(c2cccs2)C[C@]1(O)C(F)(F)F. The van der Waals surface area contributed by atoms with Crippen LogP contribution >= 0.6 is 11.3 Å². The van der Waals surface area contributed by atoms with Gasteiger partial charge in [-0.15, -0.1) is 11.3 Å². The number of benzene rings is 1. The van der Waals surface area contributed by atoms with Gasteiger partial charge in [0.25, 0.3) is 11.6 Å². The van der Waals surface area contributed by atoms with Gasteiger partial charge in [0.1, 0.15) is 5.82 Å². The van der Waals surface area contributed by atoms with Crippen LogP contribution in [-0.2, 0) is 0 Å². The molecule has 0 bridgehead atoms. The van der Waals surface area contributed by atoms with E-state index in [2.05, 4.69) is 5.10 Å². The van der Waals surface area contributed by atoms with Crippen molar-refractivity contribution in [1.29, 1.82) is 0 Å². The van der Waals surface area contributed by atoms with Crippen molar-refractivity contribution in [2.24, 2.45) is 5.10 Å². The zero-order valence-corrected chi connectivity index (χ0v) is 12.7. The van der Waals surface area contributed by atoms with Gasteiger partial charge in [0.2, 0.25) is 0 Å². The quantitative estimate of drug-likeness (QED) is 0.837. The minimum Gasteiger partial charge on any atom is -0.362 e. The summed E-state index contributed by atoms with van der Waals surface area (Å²) in [6, 6.07) is 7.13. The van der Waals surface area contributed by atoms with Crippen LogP contribution < -0.4 is 0 Å². The van der Waals surface area contributed by atoms with Crippen LogP contribution in [0.25, 0.3) is 0 Å². The van der Waals surface area contributed by atoms with Gasteiger partial charge in [0.15, 0.2) is 0 Å². The second-order valence-electron chi connectivity index (χ2n) is 5.14. The highest BCUT2D eigenvalue weighted by Gasteiger charge is 2.63. The molecule has 1 aromatic carbocycles. The van der Waals surface area contributed by atoms with Crippen LogP contribution in [0.15, 0.2) is 46.9 Å². The van der Waals surface area contributed by atoms with Crippen LogP contribution in [0.5, 0.6) is 0 Å². The summed E-state index contributed by atoms with van der Waals surface area (Å²) in [4.78, 5) is 12.8. The maximum atomic E-state index is 13.4. The molecule has 1 aliphatic heterocycles. The Morgan fingerprint density at radius 2 is 1.92 bits per heavy atom. The average molecular weight is 358 g/mol. The molecule has 4 nitrogen and oxygen atoms in total. The Balaban J connectivity index is 2.03. The van der Waals surface area contributed by atoms with Crippen molar-refractivity contribution in [2.45, 2.75) is 18.3 Å². The first-order chi connectivity index (χ1) is 11.2. The van der Waals surface area contributed by atoms with E-state index in [1.54, 1.807) is 17.5 Å². The molecule has 0 unspecified atom stereocenters. The van der Waals surface area contributed by atoms with Gasteiger partial charge in [-0.25, -0.2) is 4.39 Å². The average Bonchev–Trinajstić information content (AvgIpc) is 3.14. The fraction of sp³-hybridized carbons (Fsp3) is 0.200. The molecule has 3 rings (SSSR count). The van der Waals surface area contributed by atoms with Gasteiger partial charge in [-0.2, -0.15) is 23.3 Å². The number of amides is 1. The molecule has 1 amide bonds. The Kier molecular flexibility index (Phi) is 3.92. The Morgan fingerprint density at radius 3 is 2.46 bits per heavy atom. The van der Waals surface area contributed by atoms with E-state index in [4.69, 9.17) is 0 Å². The normalized spacial score (nSPS) is 21.0. The number of alkyl halides is 3. The molecule has 9 heteroatoms. The summed E-state index contributed by atoms with van der Waals surface area (Å²) < 4.78 is 53.1. The van der Waals surface area contributed by atoms with Crippen molar-refractivity contribution in [1.82, 2.24) is 5.01 Å². The molecule has 1 N–H and O–H groups in total. The van der Waals surface area contributed by atoms with E-state index in [0.717, 1.165) is 35.6 Å². The highest BCUT2D eigenvalue weighted by molar-refractivity contribution is 7.12. The van der Waals surface area contributed by atoms with E-state index in [9.17, 15) is 27.5 Å². The Bertz CT molecular complexity index is 787. The molecule has 0 saturated carbocycles. The lowest BCUT2D eigenvalue weighted by Crippen LogP contribution is -2.56. The first kappa shape index (κ1) is 16.6. The van der Waals surface area contributed by atoms with Gasteiger partial charge in [-0.3, -0.25) is 4.79 Å². The van der Waals surface area contributed by atoms with E-state index < -0.39 is 30.0 Å². The Labute approximate surface area is 137 Å². The highest BCUT2D eigenvalue weighted by Crippen LogP contribution is 2.42. The fourth-order valence-electron chi connectivity index (χ4n) is 2.27. The summed E-state index contributed by atoms with van der Waals surface area (Å²) in [5, 5.41) is 15.5. The molecule has 2 heterocycles. The van der Waals surface area contributed by atoms with Gasteiger partial charge >= 0.3 is 6.18 Å². The summed E-state index contributed by atoms with van der Waals surface area (Å²) in [5.41, 5.74) is -3.70. The third kappa shape index (κ3) is 2.69. The Morgan fingerprint density at radius 1 is 1.25 bits per heavy atom. The van der Waals surface area contributed by atoms with Gasteiger partial charge in [0, 0.05) is 5.56 Å². The van der Waals surface area contributed by atoms with Crippen molar-refractivity contribution < 1.29 is 27.5 Å². The predicted molar refractivity (Wildman–Crippen MR) is 79.0 cm³/mol. The predicted octanol–water partition coefficient (Wildman–Crippen LogP) is 3.39. The smallest absolute Gasteiger partial charge is 0.362 e. The van der Waals surface area contributed by atoms with Crippen LogP contribution in [0.1, 0.15) is 21.7 Å². The van der Waals surface area contributed by atoms with Crippen LogP contribution in [-0.4, -0.2) is 33.6 Å². The minimum atomic E-state index is -5.11. The van der Waals surface area contributed by atoms with E-state index in [0.29, 0.717) is 4.88 Å². The maximum absolute atomic E-state index is 13.4. The summed E-state index contributed by atoms with van der Waals surface area (Å²) in [6.07, 6.45) is -5.98. The Hall–Kier alpha value is -2.26. The number of halogens is 4. The monoisotopic (exact) mass is 358 g/mol. The molecule has 0 aliphatic carbocycles. The van der Waals surface area contributed by atoms with Crippen molar-refractivity contribution >= 4 is 23.0 Å². The minimum absolute atomic E-state index is 0.0231. The van der Waals surface area contributed by atoms with Gasteiger partial charge in [-0.1, -0.05) is 6.07 Å². The number of nitrogens with zero attached hydrogens (tertiary/aromatic N) is 2. The molecule has 1 aliphatic rings. The summed E-state index contributed by atoms with van der Waals surface area (Å²) in [5.74, 6) is -1.80. The number of rotatable bonds is 2. The zero-order valence-electron chi connectivity index (χ0n) is 11.9. The molecule has 2 aromatic rings. The molecule has 0 radical (unpaired) electrons. The van der Waals surface area contributed by atoms with E-state index in [-0.39, 0.29) is 16.3 Å². The number of hydrogen-bond acceptors (Lipinski definition) is 4. The van der Waals surface area contributed by atoms with Crippen LogP contribution in [0, 0.1) is 5.82 Å². The van der Waals surface area contributed by atoms with Crippen LogP contribution in [0.4, 0.5) is 17.6 Å². The first-order valence-corrected chi connectivity index (χ1v) is 7.61. The maximum Gasteiger partial charge on any atom is 0.438 e. The standard InChI is InChI=1S/C15H10F4N2O2S/c16-10-5-3-9(4-6-10)13(22)21-14(23,15(17,18)19)8-11(20-21)12-2-1-7-24-12/h1-7,23H,8H2/t14-/m0/s1. The number of thiophene rings is 1. The zero-order chi connectivity index (χ0) is 17.5. The van der Waals surface area contributed by atoms with Gasteiger partial charge < -0.3 is 5.11 Å². The summed E-state index contributed by atoms with van der Waals surface area (Å²) in [7, 11) is 0. The molecule has 0 fully saturated rings. The third-order valence-electron chi connectivity index (χ3n) is 3.53. The number of hydrogen-bond donors (Lipinski definition) is 1. The number of hydrazone groups is 1. The molecule has 1 atom stereocenters. The summed E-state index contributed by atoms with van der Waals surface area (Å²) >= 11 is 1.15. The molecule has 1 aromatic heterocycles. The largest absolute Gasteiger partial charge is 0.438 e. The van der Waals surface area contributed by atoms with E-state index >= 15 is 0 Å². The molecule has 0 saturated heterocycles. The first-order valence-electron chi connectivity index (χ1n) is 6.73. The topological polar surface area (TPSA) is 52.9 Å². The fourth-order valence-corrected chi connectivity index (χ4v) is 2.98.